The Morgan fingerprint density at radius 2 is 1.57 bits per heavy atom. The van der Waals surface area contributed by atoms with Crippen LogP contribution in [-0.4, -0.2) is 41.8 Å². The summed E-state index contributed by atoms with van der Waals surface area (Å²) in [5.41, 5.74) is 4.58. The zero-order valence-corrected chi connectivity index (χ0v) is 20.8. The third-order valence-corrected chi connectivity index (χ3v) is 6.34. The second-order valence-electron chi connectivity index (χ2n) is 9.60. The Kier molecular flexibility index (Phi) is 9.29. The van der Waals surface area contributed by atoms with Gasteiger partial charge in [0.15, 0.2) is 0 Å². The first kappa shape index (κ1) is 26.3. The predicted molar refractivity (Wildman–Crippen MR) is 135 cm³/mol. The smallest absolute Gasteiger partial charge is 0.407 e. The first-order chi connectivity index (χ1) is 16.8. The highest BCUT2D eigenvalue weighted by atomic mass is 16.5. The van der Waals surface area contributed by atoms with Gasteiger partial charge in [-0.2, -0.15) is 0 Å². The number of alkyl carbamates (subject to hydrolysis) is 1. The van der Waals surface area contributed by atoms with Crippen molar-refractivity contribution < 1.29 is 24.2 Å². The van der Waals surface area contributed by atoms with Crippen molar-refractivity contribution in [1.29, 1.82) is 0 Å². The van der Waals surface area contributed by atoms with Crippen molar-refractivity contribution in [2.45, 2.75) is 70.9 Å². The van der Waals surface area contributed by atoms with E-state index in [1.54, 1.807) is 0 Å². The summed E-state index contributed by atoms with van der Waals surface area (Å²) in [4.78, 5) is 36.8. The average molecular weight is 481 g/mol. The molecule has 3 N–H and O–H groups in total. The number of carboxylic acid groups (broad SMARTS) is 1. The summed E-state index contributed by atoms with van der Waals surface area (Å²) in [5.74, 6) is -1.36. The monoisotopic (exact) mass is 480 g/mol. The zero-order chi connectivity index (χ0) is 25.4. The normalized spacial score (nSPS) is 14.1. The molecule has 0 fully saturated rings. The molecular formula is C28H36N2O5. The van der Waals surface area contributed by atoms with Gasteiger partial charge in [-0.3, -0.25) is 4.79 Å². The molecule has 2 atom stereocenters. The fourth-order valence-corrected chi connectivity index (χ4v) is 4.65. The van der Waals surface area contributed by atoms with Gasteiger partial charge < -0.3 is 20.5 Å². The molecule has 7 nitrogen and oxygen atoms in total. The lowest BCUT2D eigenvalue weighted by Gasteiger charge is -2.21. The van der Waals surface area contributed by atoms with Crippen molar-refractivity contribution in [2.24, 2.45) is 5.92 Å². The summed E-state index contributed by atoms with van der Waals surface area (Å²) in [5, 5.41) is 14.8. The maximum Gasteiger partial charge on any atom is 0.407 e. The minimum absolute atomic E-state index is 0.00602. The molecule has 3 rings (SSSR count). The zero-order valence-electron chi connectivity index (χ0n) is 20.8. The number of nitrogens with one attached hydrogen (secondary N) is 2. The van der Waals surface area contributed by atoms with Crippen LogP contribution in [0.3, 0.4) is 0 Å². The maximum atomic E-state index is 12.7. The molecule has 1 unspecified atom stereocenters. The van der Waals surface area contributed by atoms with Gasteiger partial charge in [-0.15, -0.1) is 0 Å². The molecule has 2 aromatic carbocycles. The number of benzene rings is 2. The molecule has 0 radical (unpaired) electrons. The van der Waals surface area contributed by atoms with E-state index in [-0.39, 0.29) is 24.9 Å². The summed E-state index contributed by atoms with van der Waals surface area (Å²) >= 11 is 0. The molecule has 1 aliphatic rings. The van der Waals surface area contributed by atoms with Crippen LogP contribution in [-0.2, 0) is 14.3 Å². The summed E-state index contributed by atoms with van der Waals surface area (Å²) in [7, 11) is 0. The predicted octanol–water partition coefficient (Wildman–Crippen LogP) is 5.09. The molecule has 188 valence electrons. The number of ether oxygens (including phenoxy) is 1. The summed E-state index contributed by atoms with van der Waals surface area (Å²) < 4.78 is 5.63. The third kappa shape index (κ3) is 7.07. The van der Waals surface area contributed by atoms with Crippen LogP contribution in [0.15, 0.2) is 48.5 Å². The van der Waals surface area contributed by atoms with Crippen molar-refractivity contribution in [3.05, 3.63) is 59.7 Å². The number of hydrogen-bond acceptors (Lipinski definition) is 4. The Labute approximate surface area is 207 Å². The van der Waals surface area contributed by atoms with Gasteiger partial charge in [-0.1, -0.05) is 82.1 Å². The van der Waals surface area contributed by atoms with E-state index in [1.165, 1.54) is 0 Å². The molecule has 0 heterocycles. The van der Waals surface area contributed by atoms with Crippen LogP contribution in [0.1, 0.15) is 69.9 Å². The van der Waals surface area contributed by atoms with E-state index in [1.807, 2.05) is 45.0 Å². The van der Waals surface area contributed by atoms with Crippen molar-refractivity contribution in [3.63, 3.8) is 0 Å². The number of unbranched alkanes of at least 4 members (excludes halogenated alkanes) is 1. The number of amides is 2. The number of carbonyl (C=O) groups excluding carboxylic acids is 2. The number of hydrogen-bond donors (Lipinski definition) is 3. The molecule has 0 spiro atoms. The Balaban J connectivity index is 1.60. The minimum Gasteiger partial charge on any atom is -0.480 e. The molecule has 0 saturated carbocycles. The van der Waals surface area contributed by atoms with Gasteiger partial charge in [0, 0.05) is 18.4 Å². The van der Waals surface area contributed by atoms with Gasteiger partial charge in [-0.25, -0.2) is 9.59 Å². The van der Waals surface area contributed by atoms with E-state index in [9.17, 15) is 19.5 Å². The van der Waals surface area contributed by atoms with E-state index >= 15 is 0 Å². The highest BCUT2D eigenvalue weighted by Gasteiger charge is 2.29. The van der Waals surface area contributed by atoms with E-state index in [0.29, 0.717) is 12.8 Å². The van der Waals surface area contributed by atoms with Crippen molar-refractivity contribution >= 4 is 18.0 Å². The van der Waals surface area contributed by atoms with Crippen molar-refractivity contribution in [3.8, 4) is 11.1 Å². The first-order valence-corrected chi connectivity index (χ1v) is 12.4. The molecule has 0 bridgehead atoms. The molecule has 35 heavy (non-hydrogen) atoms. The van der Waals surface area contributed by atoms with Crippen molar-refractivity contribution in [2.75, 3.05) is 6.61 Å². The van der Waals surface area contributed by atoms with Gasteiger partial charge in [0.1, 0.15) is 12.6 Å². The van der Waals surface area contributed by atoms with Gasteiger partial charge in [0.05, 0.1) is 0 Å². The summed E-state index contributed by atoms with van der Waals surface area (Å²) in [6.07, 6.45) is 2.13. The van der Waals surface area contributed by atoms with Gasteiger partial charge in [0.25, 0.3) is 0 Å². The lowest BCUT2D eigenvalue weighted by atomic mass is 9.98. The summed E-state index contributed by atoms with van der Waals surface area (Å²) in [6.45, 7) is 6.05. The van der Waals surface area contributed by atoms with E-state index < -0.39 is 30.1 Å². The van der Waals surface area contributed by atoms with E-state index in [4.69, 9.17) is 4.74 Å². The SMILES string of the molecule is CCCC[C@@H](CC(=O)NC(CC(C)C)C(=O)O)NC(=O)OCC1c2ccccc2-c2ccccc21. The summed E-state index contributed by atoms with van der Waals surface area (Å²) in [6, 6.07) is 14.9. The Morgan fingerprint density at radius 3 is 2.11 bits per heavy atom. The third-order valence-electron chi connectivity index (χ3n) is 6.34. The second kappa shape index (κ2) is 12.4. The molecule has 2 aromatic rings. The second-order valence-corrected chi connectivity index (χ2v) is 9.60. The van der Waals surface area contributed by atoms with Crippen LogP contribution in [0.25, 0.3) is 11.1 Å². The number of fused-ring (bicyclic) bond motifs is 3. The number of carboxylic acids is 1. The Morgan fingerprint density at radius 1 is 0.971 bits per heavy atom. The highest BCUT2D eigenvalue weighted by molar-refractivity contribution is 5.84. The topological polar surface area (TPSA) is 105 Å². The van der Waals surface area contributed by atoms with Crippen LogP contribution >= 0.6 is 0 Å². The molecule has 0 saturated heterocycles. The van der Waals surface area contributed by atoms with Gasteiger partial charge >= 0.3 is 12.1 Å². The highest BCUT2D eigenvalue weighted by Crippen LogP contribution is 2.44. The fourth-order valence-electron chi connectivity index (χ4n) is 4.65. The minimum atomic E-state index is -1.05. The Hall–Kier alpha value is -3.35. The molecular weight excluding hydrogens is 444 g/mol. The average Bonchev–Trinajstić information content (AvgIpc) is 3.14. The van der Waals surface area contributed by atoms with Crippen molar-refractivity contribution in [1.82, 2.24) is 10.6 Å². The van der Waals surface area contributed by atoms with E-state index in [0.717, 1.165) is 35.1 Å². The molecule has 0 aromatic heterocycles. The van der Waals surface area contributed by atoms with Crippen LogP contribution in [0.4, 0.5) is 4.79 Å². The van der Waals surface area contributed by atoms with Crippen LogP contribution in [0.2, 0.25) is 0 Å². The molecule has 0 aliphatic heterocycles. The van der Waals surface area contributed by atoms with Crippen LogP contribution < -0.4 is 10.6 Å². The van der Waals surface area contributed by atoms with Gasteiger partial charge in [-0.05, 0) is 41.0 Å². The maximum absolute atomic E-state index is 12.7. The number of rotatable bonds is 12. The number of aliphatic carboxylic acids is 1. The standard InChI is InChI=1S/C28H36N2O5/c1-4-5-10-19(16-26(31)30-25(27(32)33)15-18(2)3)29-28(34)35-17-24-22-13-8-6-11-20(22)21-12-7-9-14-23(21)24/h6-9,11-14,18-19,24-25H,4-5,10,15-17H2,1-3H3,(H,29,34)(H,30,31)(H,32,33)/t19-,25?/m0/s1. The molecule has 7 heteroatoms. The van der Waals surface area contributed by atoms with Gasteiger partial charge in [0.2, 0.25) is 5.91 Å². The lowest BCUT2D eigenvalue weighted by Crippen LogP contribution is -2.45. The lowest BCUT2D eigenvalue weighted by molar-refractivity contribution is -0.142. The fraction of sp³-hybridized carbons (Fsp3) is 0.464. The largest absolute Gasteiger partial charge is 0.480 e. The molecule has 1 aliphatic carbocycles. The van der Waals surface area contributed by atoms with Crippen LogP contribution in [0, 0.1) is 5.92 Å². The van der Waals surface area contributed by atoms with E-state index in [2.05, 4.69) is 34.9 Å². The first-order valence-electron chi connectivity index (χ1n) is 12.4. The quantitative estimate of drug-likeness (QED) is 0.392. The van der Waals surface area contributed by atoms with Crippen LogP contribution in [0.5, 0.6) is 0 Å². The number of carbonyl (C=O) groups is 3. The Bertz CT molecular complexity index is 990. The molecule has 2 amide bonds.